The number of rotatable bonds is 4. The first-order valence-electron chi connectivity index (χ1n) is 6.85. The largest absolute Gasteiger partial charge is 0.425 e. The van der Waals surface area contributed by atoms with Crippen LogP contribution in [0.4, 0.5) is 0 Å². The van der Waals surface area contributed by atoms with Gasteiger partial charge in [0.25, 0.3) is 0 Å². The van der Waals surface area contributed by atoms with Crippen molar-refractivity contribution in [3.8, 4) is 5.75 Å². The Morgan fingerprint density at radius 2 is 1.47 bits per heavy atom. The summed E-state index contributed by atoms with van der Waals surface area (Å²) in [6.07, 6.45) is 0. The Kier molecular flexibility index (Phi) is 5.12. The lowest BCUT2D eigenvalue weighted by molar-refractivity contribution is -0.135. The van der Waals surface area contributed by atoms with E-state index in [-0.39, 0.29) is 0 Å². The van der Waals surface area contributed by atoms with E-state index < -0.39 is 12.0 Å². The van der Waals surface area contributed by atoms with Gasteiger partial charge in [-0.15, -0.1) is 0 Å². The predicted molar refractivity (Wildman–Crippen MR) is 78.6 cm³/mol. The average Bonchev–Trinajstić information content (AvgIpc) is 2.30. The van der Waals surface area contributed by atoms with Gasteiger partial charge >= 0.3 is 5.97 Å². The summed E-state index contributed by atoms with van der Waals surface area (Å²) >= 11 is 0. The van der Waals surface area contributed by atoms with Gasteiger partial charge in [-0.2, -0.15) is 0 Å². The van der Waals surface area contributed by atoms with Crippen molar-refractivity contribution in [2.45, 2.75) is 59.4 Å². The van der Waals surface area contributed by atoms with Crippen molar-refractivity contribution >= 4 is 5.97 Å². The molecule has 0 radical (unpaired) electrons. The molecule has 0 saturated heterocycles. The van der Waals surface area contributed by atoms with Crippen molar-refractivity contribution in [2.24, 2.45) is 5.73 Å². The highest BCUT2D eigenvalue weighted by molar-refractivity contribution is 5.77. The van der Waals surface area contributed by atoms with Crippen molar-refractivity contribution in [3.05, 3.63) is 28.8 Å². The quantitative estimate of drug-likeness (QED) is 0.668. The Hall–Kier alpha value is -1.35. The molecular weight excluding hydrogens is 238 g/mol. The highest BCUT2D eigenvalue weighted by atomic mass is 16.5. The van der Waals surface area contributed by atoms with E-state index in [1.807, 2.05) is 12.1 Å². The Bertz CT molecular complexity index is 433. The molecule has 0 bridgehead atoms. The summed E-state index contributed by atoms with van der Waals surface area (Å²) < 4.78 is 5.35. The van der Waals surface area contributed by atoms with Gasteiger partial charge in [-0.1, -0.05) is 27.7 Å². The maximum Gasteiger partial charge on any atom is 0.328 e. The monoisotopic (exact) mass is 263 g/mol. The first-order valence-corrected chi connectivity index (χ1v) is 6.85. The van der Waals surface area contributed by atoms with Crippen LogP contribution in [0.2, 0.25) is 0 Å². The van der Waals surface area contributed by atoms with Crippen LogP contribution in [0.3, 0.4) is 0 Å². The van der Waals surface area contributed by atoms with E-state index in [2.05, 4.69) is 34.6 Å². The fraction of sp³-hybridized carbons (Fsp3) is 0.562. The van der Waals surface area contributed by atoms with Crippen LogP contribution in [-0.4, -0.2) is 12.0 Å². The number of esters is 1. The van der Waals surface area contributed by atoms with Crippen LogP contribution < -0.4 is 10.5 Å². The van der Waals surface area contributed by atoms with Gasteiger partial charge in [0.15, 0.2) is 0 Å². The Labute approximate surface area is 116 Å². The van der Waals surface area contributed by atoms with Gasteiger partial charge in [0.05, 0.1) is 0 Å². The Morgan fingerprint density at radius 1 is 1.05 bits per heavy atom. The molecule has 1 aromatic carbocycles. The molecule has 0 unspecified atom stereocenters. The molecule has 2 N–H and O–H groups in total. The average molecular weight is 263 g/mol. The second kappa shape index (κ2) is 6.20. The van der Waals surface area contributed by atoms with Gasteiger partial charge in [-0.25, -0.2) is 4.79 Å². The number of carbonyl (C=O) groups is 1. The normalized spacial score (nSPS) is 12.9. The van der Waals surface area contributed by atoms with Crippen LogP contribution in [0.1, 0.15) is 63.1 Å². The number of carbonyl (C=O) groups excluding carboxylic acids is 1. The number of nitrogens with two attached hydrogens (primary N) is 1. The highest BCUT2D eigenvalue weighted by Gasteiger charge is 2.16. The Balaban J connectivity index is 3.23. The van der Waals surface area contributed by atoms with E-state index >= 15 is 0 Å². The van der Waals surface area contributed by atoms with Crippen LogP contribution in [0, 0.1) is 6.92 Å². The molecular formula is C16H25NO2. The second-order valence-corrected chi connectivity index (χ2v) is 5.75. The highest BCUT2D eigenvalue weighted by Crippen LogP contribution is 2.31. The third-order valence-electron chi connectivity index (χ3n) is 3.30. The van der Waals surface area contributed by atoms with E-state index in [0.29, 0.717) is 17.6 Å². The summed E-state index contributed by atoms with van der Waals surface area (Å²) in [5.74, 6) is 0.992. The molecule has 1 rings (SSSR count). The second-order valence-electron chi connectivity index (χ2n) is 5.75. The SMILES string of the molecule is Cc1c(C(C)C)cc(OC(=O)[C@H](C)N)cc1C(C)C. The maximum absolute atomic E-state index is 11.6. The van der Waals surface area contributed by atoms with Crippen molar-refractivity contribution in [2.75, 3.05) is 0 Å². The summed E-state index contributed by atoms with van der Waals surface area (Å²) in [5.41, 5.74) is 9.26. The first-order chi connectivity index (χ1) is 8.73. The number of benzene rings is 1. The van der Waals surface area contributed by atoms with Crippen molar-refractivity contribution in [1.29, 1.82) is 0 Å². The zero-order valence-corrected chi connectivity index (χ0v) is 12.8. The van der Waals surface area contributed by atoms with Gasteiger partial charge < -0.3 is 10.5 Å². The van der Waals surface area contributed by atoms with Crippen LogP contribution in [-0.2, 0) is 4.79 Å². The van der Waals surface area contributed by atoms with Crippen LogP contribution >= 0.6 is 0 Å². The van der Waals surface area contributed by atoms with Gasteiger partial charge in [0.2, 0.25) is 0 Å². The molecule has 0 heterocycles. The lowest BCUT2D eigenvalue weighted by Crippen LogP contribution is -2.31. The number of hydrogen-bond donors (Lipinski definition) is 1. The zero-order valence-electron chi connectivity index (χ0n) is 12.8. The molecule has 0 fully saturated rings. The van der Waals surface area contributed by atoms with Crippen LogP contribution in [0.25, 0.3) is 0 Å². The summed E-state index contributed by atoms with van der Waals surface area (Å²) in [7, 11) is 0. The molecule has 3 heteroatoms. The summed E-state index contributed by atoms with van der Waals surface area (Å²) in [4.78, 5) is 11.6. The minimum Gasteiger partial charge on any atom is -0.425 e. The van der Waals surface area contributed by atoms with Gasteiger partial charge in [-0.05, 0) is 54.5 Å². The molecule has 0 aliphatic carbocycles. The zero-order chi connectivity index (χ0) is 14.7. The lowest BCUT2D eigenvalue weighted by Gasteiger charge is -2.19. The molecule has 106 valence electrons. The minimum atomic E-state index is -0.605. The fourth-order valence-corrected chi connectivity index (χ4v) is 2.20. The van der Waals surface area contributed by atoms with Gasteiger partial charge in [0, 0.05) is 0 Å². The van der Waals surface area contributed by atoms with Crippen LogP contribution in [0.5, 0.6) is 5.75 Å². The molecule has 0 aliphatic heterocycles. The molecule has 19 heavy (non-hydrogen) atoms. The van der Waals surface area contributed by atoms with E-state index in [4.69, 9.17) is 10.5 Å². The van der Waals surface area contributed by atoms with Gasteiger partial charge in [-0.3, -0.25) is 0 Å². The van der Waals surface area contributed by atoms with Crippen molar-refractivity contribution < 1.29 is 9.53 Å². The molecule has 0 aliphatic rings. The summed E-state index contributed by atoms with van der Waals surface area (Å²) in [5, 5.41) is 0. The number of hydrogen-bond acceptors (Lipinski definition) is 3. The third kappa shape index (κ3) is 3.80. The van der Waals surface area contributed by atoms with Gasteiger partial charge in [0.1, 0.15) is 11.8 Å². The predicted octanol–water partition coefficient (Wildman–Crippen LogP) is 3.49. The van der Waals surface area contributed by atoms with E-state index in [1.165, 1.54) is 16.7 Å². The van der Waals surface area contributed by atoms with Crippen molar-refractivity contribution in [3.63, 3.8) is 0 Å². The Morgan fingerprint density at radius 3 is 1.79 bits per heavy atom. The standard InChI is InChI=1S/C16H25NO2/c1-9(2)14-7-13(19-16(18)12(6)17)8-15(10(3)4)11(14)5/h7-10,12H,17H2,1-6H3/t12-/m0/s1. The van der Waals surface area contributed by atoms with Crippen molar-refractivity contribution in [1.82, 2.24) is 0 Å². The van der Waals surface area contributed by atoms with E-state index in [0.717, 1.165) is 0 Å². The third-order valence-corrected chi connectivity index (χ3v) is 3.30. The molecule has 1 atom stereocenters. The molecule has 0 aromatic heterocycles. The molecule has 1 aromatic rings. The minimum absolute atomic E-state index is 0.395. The first kappa shape index (κ1) is 15.7. The molecule has 0 saturated carbocycles. The molecule has 3 nitrogen and oxygen atoms in total. The van der Waals surface area contributed by atoms with Crippen LogP contribution in [0.15, 0.2) is 12.1 Å². The lowest BCUT2D eigenvalue weighted by atomic mass is 9.89. The molecule has 0 spiro atoms. The van der Waals surface area contributed by atoms with E-state index in [1.54, 1.807) is 6.92 Å². The summed E-state index contributed by atoms with van der Waals surface area (Å²) in [6, 6.07) is 3.30. The number of ether oxygens (including phenoxy) is 1. The maximum atomic E-state index is 11.6. The smallest absolute Gasteiger partial charge is 0.328 e. The molecule has 0 amide bonds. The fourth-order valence-electron chi connectivity index (χ4n) is 2.20. The summed E-state index contributed by atoms with van der Waals surface area (Å²) in [6.45, 7) is 12.3. The van der Waals surface area contributed by atoms with E-state index in [9.17, 15) is 4.79 Å². The topological polar surface area (TPSA) is 52.3 Å².